The van der Waals surface area contributed by atoms with Crippen molar-refractivity contribution in [2.75, 3.05) is 0 Å². The van der Waals surface area contributed by atoms with E-state index in [4.69, 9.17) is 0 Å². The lowest BCUT2D eigenvalue weighted by atomic mass is 9.87. The van der Waals surface area contributed by atoms with Crippen LogP contribution in [0, 0.1) is 0 Å². The Bertz CT molecular complexity index is 1280. The van der Waals surface area contributed by atoms with Crippen molar-refractivity contribution in [3.63, 3.8) is 0 Å². The first-order chi connectivity index (χ1) is 14.5. The van der Waals surface area contributed by atoms with Gasteiger partial charge in [-0.05, 0) is 42.2 Å². The molecule has 1 aromatic carbocycles. The Morgan fingerprint density at radius 2 is 1.74 bits per heavy atom. The molecule has 1 aliphatic heterocycles. The minimum Gasteiger partial charge on any atom is -0.306 e. The minimum absolute atomic E-state index is 0.0371. The van der Waals surface area contributed by atoms with Gasteiger partial charge in [0.05, 0.1) is 11.1 Å². The van der Waals surface area contributed by atoms with E-state index in [0.29, 0.717) is 5.82 Å². The smallest absolute Gasteiger partial charge is 0.263 e. The largest absolute Gasteiger partial charge is 0.306 e. The molecule has 0 saturated carbocycles. The Labute approximate surface area is 184 Å². The van der Waals surface area contributed by atoms with E-state index >= 15 is 0 Å². The molecule has 0 saturated heterocycles. The van der Waals surface area contributed by atoms with Crippen LogP contribution in [0.1, 0.15) is 39.0 Å². The summed E-state index contributed by atoms with van der Waals surface area (Å²) >= 11 is 0. The lowest BCUT2D eigenvalue weighted by molar-refractivity contribution is 0.584. The third-order valence-electron chi connectivity index (χ3n) is 5.45. The Balaban J connectivity index is 1.69. The van der Waals surface area contributed by atoms with Crippen LogP contribution in [0.15, 0.2) is 71.5 Å². The maximum absolute atomic E-state index is 13.1. The molecule has 0 unspecified atom stereocenters. The molecule has 7 heteroatoms. The third kappa shape index (κ3) is 4.37. The van der Waals surface area contributed by atoms with E-state index in [0.717, 1.165) is 34.4 Å². The van der Waals surface area contributed by atoms with E-state index < -0.39 is 10.0 Å². The predicted octanol–water partition coefficient (Wildman–Crippen LogP) is 4.47. The lowest BCUT2D eigenvalue weighted by Crippen LogP contribution is -2.25. The zero-order valence-corrected chi connectivity index (χ0v) is 19.4. The number of aromatic nitrogens is 3. The molecule has 1 N–H and O–H groups in total. The number of benzene rings is 1. The molecule has 0 radical (unpaired) electrons. The second kappa shape index (κ2) is 7.57. The standard InChI is InChI=1S/C24H28N4O2S/c1-17-6-11-23(26-31(29,30)22-9-7-20(8-10-22)24(2,3)4)28-16-18(13-21(28)12-17)19-14-25-27(5)15-19/h6-11,13-16,26H,12H2,1-5H3. The van der Waals surface area contributed by atoms with E-state index in [1.807, 2.05) is 61.4 Å². The van der Waals surface area contributed by atoms with Gasteiger partial charge in [-0.3, -0.25) is 9.40 Å². The van der Waals surface area contributed by atoms with Gasteiger partial charge >= 0.3 is 0 Å². The first kappa shape index (κ1) is 21.2. The van der Waals surface area contributed by atoms with Gasteiger partial charge in [-0.25, -0.2) is 8.42 Å². The molecular weight excluding hydrogens is 408 g/mol. The van der Waals surface area contributed by atoms with Crippen molar-refractivity contribution < 1.29 is 8.42 Å². The molecule has 0 spiro atoms. The number of nitrogens with one attached hydrogen (secondary N) is 1. The Hall–Kier alpha value is -3.06. The Morgan fingerprint density at radius 1 is 1.03 bits per heavy atom. The highest BCUT2D eigenvalue weighted by Gasteiger charge is 2.21. The maximum atomic E-state index is 13.1. The second-order valence-electron chi connectivity index (χ2n) is 9.11. The molecule has 0 aliphatic carbocycles. The molecule has 4 rings (SSSR count). The summed E-state index contributed by atoms with van der Waals surface area (Å²) < 4.78 is 32.7. The Morgan fingerprint density at radius 3 is 2.35 bits per heavy atom. The number of allylic oxidation sites excluding steroid dienone is 3. The van der Waals surface area contributed by atoms with Gasteiger partial charge in [0.2, 0.25) is 0 Å². The molecule has 2 aromatic heterocycles. The van der Waals surface area contributed by atoms with Crippen molar-refractivity contribution >= 4 is 15.8 Å². The predicted molar refractivity (Wildman–Crippen MR) is 124 cm³/mol. The summed E-state index contributed by atoms with van der Waals surface area (Å²) in [6.45, 7) is 8.35. The molecule has 0 fully saturated rings. The van der Waals surface area contributed by atoms with Crippen molar-refractivity contribution in [3.8, 4) is 11.1 Å². The summed E-state index contributed by atoms with van der Waals surface area (Å²) in [5, 5.41) is 4.24. The molecule has 0 atom stereocenters. The molecule has 3 heterocycles. The fourth-order valence-corrected chi connectivity index (χ4v) is 4.71. The van der Waals surface area contributed by atoms with Gasteiger partial charge in [0.25, 0.3) is 10.0 Å². The summed E-state index contributed by atoms with van der Waals surface area (Å²) in [4.78, 5) is 0.243. The summed E-state index contributed by atoms with van der Waals surface area (Å²) in [5.41, 5.74) is 5.21. The number of aryl methyl sites for hydroxylation is 1. The quantitative estimate of drug-likeness (QED) is 0.656. The molecular formula is C24H28N4O2S. The molecule has 0 amide bonds. The van der Waals surface area contributed by atoms with Crippen LogP contribution < -0.4 is 4.72 Å². The van der Waals surface area contributed by atoms with Crippen LogP contribution in [0.25, 0.3) is 16.9 Å². The van der Waals surface area contributed by atoms with Gasteiger partial charge in [-0.2, -0.15) is 5.10 Å². The van der Waals surface area contributed by atoms with Crippen LogP contribution >= 0.6 is 0 Å². The van der Waals surface area contributed by atoms with Crippen molar-refractivity contribution in [2.24, 2.45) is 7.05 Å². The first-order valence-corrected chi connectivity index (χ1v) is 11.7. The number of fused-ring (bicyclic) bond motifs is 1. The van der Waals surface area contributed by atoms with Gasteiger partial charge < -0.3 is 4.57 Å². The van der Waals surface area contributed by atoms with Gasteiger partial charge in [0, 0.05) is 42.7 Å². The molecule has 31 heavy (non-hydrogen) atoms. The number of hydrogen-bond acceptors (Lipinski definition) is 3. The Kier molecular flexibility index (Phi) is 5.17. The fourth-order valence-electron chi connectivity index (χ4n) is 3.66. The number of sulfonamides is 1. The third-order valence-corrected chi connectivity index (χ3v) is 6.82. The van der Waals surface area contributed by atoms with E-state index in [-0.39, 0.29) is 10.3 Å². The topological polar surface area (TPSA) is 68.9 Å². The zero-order valence-electron chi connectivity index (χ0n) is 18.5. The summed E-state index contributed by atoms with van der Waals surface area (Å²) in [5.74, 6) is 0.502. The molecule has 3 aromatic rings. The highest BCUT2D eigenvalue weighted by Crippen LogP contribution is 2.28. The van der Waals surface area contributed by atoms with Gasteiger partial charge in [-0.15, -0.1) is 0 Å². The van der Waals surface area contributed by atoms with Crippen LogP contribution in [0.4, 0.5) is 0 Å². The van der Waals surface area contributed by atoms with E-state index in [1.54, 1.807) is 16.8 Å². The fraction of sp³-hybridized carbons (Fsp3) is 0.292. The van der Waals surface area contributed by atoms with Crippen molar-refractivity contribution in [1.29, 1.82) is 0 Å². The van der Waals surface area contributed by atoms with Crippen LogP contribution in [-0.4, -0.2) is 22.8 Å². The van der Waals surface area contributed by atoms with Crippen LogP contribution in [0.3, 0.4) is 0 Å². The summed E-state index contributed by atoms with van der Waals surface area (Å²) in [6.07, 6.45) is 10.2. The van der Waals surface area contributed by atoms with Crippen LogP contribution in [0.2, 0.25) is 0 Å². The van der Waals surface area contributed by atoms with Gasteiger partial charge in [0.15, 0.2) is 0 Å². The highest BCUT2D eigenvalue weighted by molar-refractivity contribution is 7.89. The highest BCUT2D eigenvalue weighted by atomic mass is 32.2. The summed E-state index contributed by atoms with van der Waals surface area (Å²) in [6, 6.07) is 9.17. The van der Waals surface area contributed by atoms with Crippen molar-refractivity contribution in [3.05, 3.63) is 77.9 Å². The van der Waals surface area contributed by atoms with Crippen molar-refractivity contribution in [2.45, 2.75) is 44.4 Å². The number of hydrogen-bond donors (Lipinski definition) is 1. The van der Waals surface area contributed by atoms with Crippen LogP contribution in [-0.2, 0) is 28.9 Å². The SMILES string of the molecule is CC1=CC=C(NS(=O)(=O)c2ccc(C(C)(C)C)cc2)n2cc(-c3cnn(C)c3)cc2C1. The maximum Gasteiger partial charge on any atom is 0.263 e. The lowest BCUT2D eigenvalue weighted by Gasteiger charge is -2.19. The summed E-state index contributed by atoms with van der Waals surface area (Å²) in [7, 11) is -1.86. The normalized spacial score (nSPS) is 14.5. The molecule has 0 bridgehead atoms. The monoisotopic (exact) mass is 436 g/mol. The number of rotatable bonds is 4. The molecule has 1 aliphatic rings. The second-order valence-corrected chi connectivity index (χ2v) is 10.8. The average molecular weight is 437 g/mol. The minimum atomic E-state index is -3.73. The first-order valence-electron chi connectivity index (χ1n) is 10.2. The van der Waals surface area contributed by atoms with Gasteiger partial charge in [0.1, 0.15) is 5.82 Å². The number of nitrogens with zero attached hydrogens (tertiary/aromatic N) is 3. The van der Waals surface area contributed by atoms with Crippen LogP contribution in [0.5, 0.6) is 0 Å². The average Bonchev–Trinajstić information content (AvgIpc) is 3.28. The van der Waals surface area contributed by atoms with E-state index in [9.17, 15) is 8.42 Å². The molecule has 162 valence electrons. The van der Waals surface area contributed by atoms with Gasteiger partial charge in [-0.1, -0.05) is 44.6 Å². The van der Waals surface area contributed by atoms with E-state index in [1.165, 1.54) is 0 Å². The van der Waals surface area contributed by atoms with Crippen molar-refractivity contribution in [1.82, 2.24) is 19.1 Å². The van der Waals surface area contributed by atoms with E-state index in [2.05, 4.69) is 36.7 Å². The molecule has 6 nitrogen and oxygen atoms in total. The zero-order chi connectivity index (χ0) is 22.4.